The molecule has 0 aromatic heterocycles. The number of ketones is 1. The number of rotatable bonds is 3. The molecule has 2 rings (SSSR count). The van der Waals surface area contributed by atoms with E-state index in [1.54, 1.807) is 0 Å². The molecule has 0 fully saturated rings. The Morgan fingerprint density at radius 1 is 1.00 bits per heavy atom. The maximum Gasteiger partial charge on any atom is 0.170 e. The lowest BCUT2D eigenvalue weighted by Gasteiger charge is -2.11. The predicted molar refractivity (Wildman–Crippen MR) is 70.4 cm³/mol. The number of aryl methyl sites for hydroxylation is 1. The van der Waals surface area contributed by atoms with Gasteiger partial charge in [0.05, 0.1) is 0 Å². The van der Waals surface area contributed by atoms with Crippen molar-refractivity contribution in [3.63, 3.8) is 0 Å². The van der Waals surface area contributed by atoms with Gasteiger partial charge < -0.3 is 0 Å². The quantitative estimate of drug-likeness (QED) is 0.721. The zero-order chi connectivity index (χ0) is 12.3. The van der Waals surface area contributed by atoms with E-state index in [0.717, 1.165) is 11.1 Å². The van der Waals surface area contributed by atoms with Gasteiger partial charge in [-0.1, -0.05) is 67.1 Å². The van der Waals surface area contributed by atoms with Crippen LogP contribution < -0.4 is 0 Å². The maximum atomic E-state index is 12.3. The lowest BCUT2D eigenvalue weighted by atomic mass is 9.91. The van der Waals surface area contributed by atoms with E-state index in [4.69, 9.17) is 0 Å². The van der Waals surface area contributed by atoms with Gasteiger partial charge in [0.1, 0.15) is 0 Å². The van der Waals surface area contributed by atoms with Gasteiger partial charge in [-0.05, 0) is 12.5 Å². The molecular weight excluding hydrogens is 208 g/mol. The average molecular weight is 224 g/mol. The van der Waals surface area contributed by atoms with Crippen LogP contribution in [0, 0.1) is 6.92 Å². The molecule has 0 saturated heterocycles. The molecule has 2 aromatic rings. The number of carbonyl (C=O) groups excluding carboxylic acids is 1. The molecule has 0 aliphatic heterocycles. The number of carbonyl (C=O) groups is 1. The minimum atomic E-state index is -0.0858. The maximum absolute atomic E-state index is 12.3. The molecule has 0 amide bonds. The van der Waals surface area contributed by atoms with E-state index in [1.165, 1.54) is 5.56 Å². The number of hydrogen-bond acceptors (Lipinski definition) is 1. The average Bonchev–Trinajstić information content (AvgIpc) is 2.38. The minimum absolute atomic E-state index is 0.0858. The molecule has 0 spiro atoms. The molecule has 0 saturated carbocycles. The van der Waals surface area contributed by atoms with Crippen molar-refractivity contribution in [1.82, 2.24) is 0 Å². The first kappa shape index (κ1) is 11.6. The summed E-state index contributed by atoms with van der Waals surface area (Å²) in [7, 11) is 0. The Kier molecular flexibility index (Phi) is 3.38. The summed E-state index contributed by atoms with van der Waals surface area (Å²) in [6.45, 7) is 4.01. The van der Waals surface area contributed by atoms with Crippen molar-refractivity contribution in [3.05, 3.63) is 71.3 Å². The SMILES string of the molecule is Cc1cccc(C(C)C(=O)c2ccccc2)c1. The third-order valence-corrected chi connectivity index (χ3v) is 2.99. The Balaban J connectivity index is 2.27. The molecule has 0 aliphatic carbocycles. The van der Waals surface area contributed by atoms with Gasteiger partial charge in [0.2, 0.25) is 0 Å². The van der Waals surface area contributed by atoms with Gasteiger partial charge >= 0.3 is 0 Å². The molecule has 0 radical (unpaired) electrons. The Hall–Kier alpha value is -1.89. The van der Waals surface area contributed by atoms with Gasteiger partial charge in [0, 0.05) is 11.5 Å². The lowest BCUT2D eigenvalue weighted by Crippen LogP contribution is -2.09. The summed E-state index contributed by atoms with van der Waals surface area (Å²) in [5.41, 5.74) is 3.05. The van der Waals surface area contributed by atoms with Crippen LogP contribution in [0.25, 0.3) is 0 Å². The van der Waals surface area contributed by atoms with E-state index >= 15 is 0 Å². The molecule has 0 bridgehead atoms. The van der Waals surface area contributed by atoms with Crippen LogP contribution in [-0.4, -0.2) is 5.78 Å². The van der Waals surface area contributed by atoms with Crippen LogP contribution in [-0.2, 0) is 0 Å². The standard InChI is InChI=1S/C16H16O/c1-12-7-6-10-15(11-12)13(2)16(17)14-8-4-3-5-9-14/h3-11,13H,1-2H3. The first-order valence-electron chi connectivity index (χ1n) is 5.84. The summed E-state index contributed by atoms with van der Waals surface area (Å²) in [5, 5.41) is 0. The lowest BCUT2D eigenvalue weighted by molar-refractivity contribution is 0.0966. The summed E-state index contributed by atoms with van der Waals surface area (Å²) in [4.78, 5) is 12.3. The highest BCUT2D eigenvalue weighted by Gasteiger charge is 2.16. The summed E-state index contributed by atoms with van der Waals surface area (Å²) in [5.74, 6) is 0.0912. The highest BCUT2D eigenvalue weighted by Crippen LogP contribution is 2.21. The van der Waals surface area contributed by atoms with Crippen LogP contribution in [0.2, 0.25) is 0 Å². The Bertz CT molecular complexity index is 514. The third-order valence-electron chi connectivity index (χ3n) is 2.99. The molecule has 0 heterocycles. The zero-order valence-corrected chi connectivity index (χ0v) is 10.2. The zero-order valence-electron chi connectivity index (χ0n) is 10.2. The van der Waals surface area contributed by atoms with Gasteiger partial charge in [0.25, 0.3) is 0 Å². The summed E-state index contributed by atoms with van der Waals surface area (Å²) in [6, 6.07) is 17.6. The van der Waals surface area contributed by atoms with Crippen LogP contribution in [0.4, 0.5) is 0 Å². The monoisotopic (exact) mass is 224 g/mol. The Labute approximate surface area is 102 Å². The van der Waals surface area contributed by atoms with E-state index in [9.17, 15) is 4.79 Å². The molecule has 17 heavy (non-hydrogen) atoms. The second-order valence-electron chi connectivity index (χ2n) is 4.37. The first-order valence-corrected chi connectivity index (χ1v) is 5.84. The van der Waals surface area contributed by atoms with Gasteiger partial charge in [0.15, 0.2) is 5.78 Å². The molecule has 0 aliphatic rings. The van der Waals surface area contributed by atoms with Gasteiger partial charge in [-0.3, -0.25) is 4.79 Å². The van der Waals surface area contributed by atoms with Crippen LogP contribution >= 0.6 is 0 Å². The molecular formula is C16H16O. The largest absolute Gasteiger partial charge is 0.294 e. The smallest absolute Gasteiger partial charge is 0.170 e. The normalized spacial score (nSPS) is 12.1. The second-order valence-corrected chi connectivity index (χ2v) is 4.37. The molecule has 1 unspecified atom stereocenters. The highest BCUT2D eigenvalue weighted by atomic mass is 16.1. The molecule has 1 atom stereocenters. The molecule has 0 N–H and O–H groups in total. The summed E-state index contributed by atoms with van der Waals surface area (Å²) in [6.07, 6.45) is 0. The number of Topliss-reactive ketones (excluding diaryl/α,β-unsaturated/α-hetero) is 1. The summed E-state index contributed by atoms with van der Waals surface area (Å²) < 4.78 is 0. The first-order chi connectivity index (χ1) is 8.18. The fourth-order valence-electron chi connectivity index (χ4n) is 1.94. The van der Waals surface area contributed by atoms with Gasteiger partial charge in [-0.15, -0.1) is 0 Å². The van der Waals surface area contributed by atoms with E-state index in [1.807, 2.05) is 62.4 Å². The van der Waals surface area contributed by atoms with Crippen LogP contribution in [0.15, 0.2) is 54.6 Å². The Morgan fingerprint density at radius 3 is 2.35 bits per heavy atom. The van der Waals surface area contributed by atoms with Crippen molar-refractivity contribution in [2.75, 3.05) is 0 Å². The number of hydrogen-bond donors (Lipinski definition) is 0. The van der Waals surface area contributed by atoms with E-state index in [0.29, 0.717) is 0 Å². The minimum Gasteiger partial charge on any atom is -0.294 e. The molecule has 2 aromatic carbocycles. The second kappa shape index (κ2) is 4.96. The van der Waals surface area contributed by atoms with Crippen LogP contribution in [0.5, 0.6) is 0 Å². The molecule has 1 heteroatoms. The third kappa shape index (κ3) is 2.62. The summed E-state index contributed by atoms with van der Waals surface area (Å²) >= 11 is 0. The van der Waals surface area contributed by atoms with Crippen molar-refractivity contribution < 1.29 is 4.79 Å². The molecule has 1 nitrogen and oxygen atoms in total. The van der Waals surface area contributed by atoms with Gasteiger partial charge in [-0.2, -0.15) is 0 Å². The van der Waals surface area contributed by atoms with Crippen LogP contribution in [0.1, 0.15) is 34.3 Å². The predicted octanol–water partition coefficient (Wildman–Crippen LogP) is 3.98. The number of benzene rings is 2. The van der Waals surface area contributed by atoms with Crippen molar-refractivity contribution in [2.24, 2.45) is 0 Å². The fourth-order valence-corrected chi connectivity index (χ4v) is 1.94. The van der Waals surface area contributed by atoms with E-state index in [-0.39, 0.29) is 11.7 Å². The molecule has 86 valence electrons. The van der Waals surface area contributed by atoms with Crippen molar-refractivity contribution in [1.29, 1.82) is 0 Å². The van der Waals surface area contributed by atoms with E-state index < -0.39 is 0 Å². The topological polar surface area (TPSA) is 17.1 Å². The van der Waals surface area contributed by atoms with Crippen molar-refractivity contribution in [3.8, 4) is 0 Å². The fraction of sp³-hybridized carbons (Fsp3) is 0.188. The Morgan fingerprint density at radius 2 is 1.71 bits per heavy atom. The van der Waals surface area contributed by atoms with Crippen molar-refractivity contribution >= 4 is 5.78 Å². The highest BCUT2D eigenvalue weighted by molar-refractivity contribution is 6.00. The van der Waals surface area contributed by atoms with Crippen LogP contribution in [0.3, 0.4) is 0 Å². The van der Waals surface area contributed by atoms with Gasteiger partial charge in [-0.25, -0.2) is 0 Å². The van der Waals surface area contributed by atoms with Crippen molar-refractivity contribution in [2.45, 2.75) is 19.8 Å². The van der Waals surface area contributed by atoms with E-state index in [2.05, 4.69) is 6.07 Å².